The van der Waals surface area contributed by atoms with Gasteiger partial charge in [-0.3, -0.25) is 35.7 Å². The number of carbonyl (C=O) groups is 2. The number of halogens is 1. The fourth-order valence-electron chi connectivity index (χ4n) is 1.82. The van der Waals surface area contributed by atoms with Gasteiger partial charge in [0, 0.05) is 5.02 Å². The first kappa shape index (κ1) is 16.4. The Hall–Kier alpha value is -2.94. The van der Waals surface area contributed by atoms with Gasteiger partial charge < -0.3 is 0 Å². The molecular weight excluding hydrogens is 326 g/mol. The van der Waals surface area contributed by atoms with Crippen molar-refractivity contribution >= 4 is 29.1 Å². The molecule has 0 atom stereocenters. The number of nitrogens with one attached hydrogen (secondary N) is 3. The van der Waals surface area contributed by atoms with Crippen LogP contribution in [-0.2, 0) is 11.2 Å². The highest BCUT2D eigenvalue weighted by atomic mass is 35.5. The van der Waals surface area contributed by atoms with Crippen LogP contribution in [-0.4, -0.2) is 26.9 Å². The Labute approximate surface area is 135 Å². The number of carbonyl (C=O) groups excluding carboxylic acids is 2. The lowest BCUT2D eigenvalue weighted by molar-refractivity contribution is -0.385. The molecule has 120 valence electrons. The molecule has 0 aliphatic rings. The van der Waals surface area contributed by atoms with Crippen molar-refractivity contribution in [1.82, 2.24) is 21.0 Å². The lowest BCUT2D eigenvalue weighted by Crippen LogP contribution is -2.42. The Morgan fingerprint density at radius 1 is 1.30 bits per heavy atom. The van der Waals surface area contributed by atoms with Gasteiger partial charge in [-0.05, 0) is 24.6 Å². The van der Waals surface area contributed by atoms with E-state index in [1.165, 1.54) is 6.92 Å². The lowest BCUT2D eigenvalue weighted by atomic mass is 10.1. The average molecular weight is 338 g/mol. The summed E-state index contributed by atoms with van der Waals surface area (Å²) in [7, 11) is 0. The second-order valence-electron chi connectivity index (χ2n) is 4.61. The molecule has 0 saturated heterocycles. The summed E-state index contributed by atoms with van der Waals surface area (Å²) in [4.78, 5) is 33.8. The van der Waals surface area contributed by atoms with E-state index >= 15 is 0 Å². The first-order valence-corrected chi connectivity index (χ1v) is 6.79. The van der Waals surface area contributed by atoms with Gasteiger partial charge in [0.25, 0.3) is 5.91 Å². The number of nitro groups is 1. The largest absolute Gasteiger partial charge is 0.322 e. The quantitative estimate of drug-likeness (QED) is 0.571. The van der Waals surface area contributed by atoms with Gasteiger partial charge in [0.2, 0.25) is 11.6 Å². The Bertz CT molecular complexity index is 756. The molecule has 10 heteroatoms. The lowest BCUT2D eigenvalue weighted by Gasteiger charge is -2.06. The van der Waals surface area contributed by atoms with E-state index < -0.39 is 28.1 Å². The van der Waals surface area contributed by atoms with Crippen molar-refractivity contribution in [2.45, 2.75) is 13.3 Å². The molecule has 23 heavy (non-hydrogen) atoms. The van der Waals surface area contributed by atoms with Gasteiger partial charge in [0.1, 0.15) is 5.69 Å². The minimum atomic E-state index is -0.884. The van der Waals surface area contributed by atoms with E-state index in [1.54, 1.807) is 24.3 Å². The Kier molecular flexibility index (Phi) is 4.91. The van der Waals surface area contributed by atoms with E-state index in [9.17, 15) is 19.7 Å². The third kappa shape index (κ3) is 4.04. The van der Waals surface area contributed by atoms with Crippen LogP contribution in [0.2, 0.25) is 5.02 Å². The second kappa shape index (κ2) is 6.88. The van der Waals surface area contributed by atoms with E-state index in [-0.39, 0.29) is 12.1 Å². The number of nitrogens with zero attached hydrogens (tertiary/aromatic N) is 2. The van der Waals surface area contributed by atoms with Crippen molar-refractivity contribution < 1.29 is 14.5 Å². The first-order chi connectivity index (χ1) is 10.9. The number of hydrogen-bond acceptors (Lipinski definition) is 5. The van der Waals surface area contributed by atoms with E-state index in [4.69, 9.17) is 11.6 Å². The van der Waals surface area contributed by atoms with Gasteiger partial charge in [-0.15, -0.1) is 0 Å². The molecule has 9 nitrogen and oxygen atoms in total. The molecule has 0 radical (unpaired) electrons. The average Bonchev–Trinajstić information content (AvgIpc) is 2.89. The second-order valence-corrected chi connectivity index (χ2v) is 5.04. The van der Waals surface area contributed by atoms with E-state index in [1.807, 2.05) is 0 Å². The topological polar surface area (TPSA) is 130 Å². The van der Waals surface area contributed by atoms with Crippen LogP contribution in [0, 0.1) is 17.0 Å². The fourth-order valence-corrected chi connectivity index (χ4v) is 1.95. The van der Waals surface area contributed by atoms with E-state index in [2.05, 4.69) is 21.0 Å². The van der Waals surface area contributed by atoms with Gasteiger partial charge in [0.15, 0.2) is 0 Å². The number of H-pyrrole nitrogens is 1. The molecule has 2 amide bonds. The zero-order chi connectivity index (χ0) is 17.0. The summed E-state index contributed by atoms with van der Waals surface area (Å²) in [5.41, 5.74) is 4.26. The summed E-state index contributed by atoms with van der Waals surface area (Å²) in [5, 5.41) is 17.3. The number of aromatic nitrogens is 2. The normalized spacial score (nSPS) is 10.2. The van der Waals surface area contributed by atoms with Crippen molar-refractivity contribution in [2.75, 3.05) is 0 Å². The highest BCUT2D eigenvalue weighted by molar-refractivity contribution is 6.30. The third-order valence-corrected chi connectivity index (χ3v) is 3.16. The number of hydrazine groups is 1. The molecule has 1 aromatic heterocycles. The molecule has 0 aliphatic carbocycles. The van der Waals surface area contributed by atoms with Gasteiger partial charge in [-0.2, -0.15) is 5.10 Å². The molecule has 0 saturated carbocycles. The SMILES string of the molecule is Cc1[nH]nc(C(=O)NNC(=O)Cc2ccc(Cl)cc2)c1[N+](=O)[O-]. The van der Waals surface area contributed by atoms with E-state index in [0.29, 0.717) is 10.6 Å². The number of aryl methyl sites for hydroxylation is 1. The van der Waals surface area contributed by atoms with Crippen LogP contribution in [0.3, 0.4) is 0 Å². The summed E-state index contributed by atoms with van der Waals surface area (Å²) >= 11 is 5.74. The van der Waals surface area contributed by atoms with Gasteiger partial charge >= 0.3 is 5.69 Å². The van der Waals surface area contributed by atoms with Crippen molar-refractivity contribution in [1.29, 1.82) is 0 Å². The maximum Gasteiger partial charge on any atom is 0.322 e. The third-order valence-electron chi connectivity index (χ3n) is 2.91. The van der Waals surface area contributed by atoms with Crippen LogP contribution in [0.1, 0.15) is 21.7 Å². The highest BCUT2D eigenvalue weighted by Gasteiger charge is 2.27. The van der Waals surface area contributed by atoms with Gasteiger partial charge in [0.05, 0.1) is 11.3 Å². The molecule has 1 aromatic carbocycles. The predicted molar refractivity (Wildman–Crippen MR) is 80.7 cm³/mol. The zero-order valence-corrected chi connectivity index (χ0v) is 12.7. The van der Waals surface area contributed by atoms with Crippen LogP contribution < -0.4 is 10.9 Å². The Morgan fingerprint density at radius 3 is 2.57 bits per heavy atom. The minimum absolute atomic E-state index is 0.0130. The van der Waals surface area contributed by atoms with E-state index in [0.717, 1.165) is 0 Å². The fraction of sp³-hybridized carbons (Fsp3) is 0.154. The smallest absolute Gasteiger partial charge is 0.275 e. The molecule has 0 unspecified atom stereocenters. The number of hydrogen-bond donors (Lipinski definition) is 3. The van der Waals surface area contributed by atoms with Crippen LogP contribution in [0.15, 0.2) is 24.3 Å². The molecule has 0 spiro atoms. The van der Waals surface area contributed by atoms with Gasteiger partial charge in [-0.25, -0.2) is 0 Å². The summed E-state index contributed by atoms with van der Waals surface area (Å²) in [5.74, 6) is -1.37. The molecule has 2 rings (SSSR count). The molecule has 2 aromatic rings. The molecule has 0 aliphatic heterocycles. The van der Waals surface area contributed by atoms with Crippen LogP contribution >= 0.6 is 11.6 Å². The molecule has 3 N–H and O–H groups in total. The van der Waals surface area contributed by atoms with Crippen molar-refractivity contribution in [3.8, 4) is 0 Å². The summed E-state index contributed by atoms with van der Waals surface area (Å²) in [6.45, 7) is 1.42. The van der Waals surface area contributed by atoms with Crippen LogP contribution in [0.25, 0.3) is 0 Å². The molecule has 0 fully saturated rings. The molecular formula is C13H12ClN5O4. The monoisotopic (exact) mass is 337 g/mol. The standard InChI is InChI=1S/C13H12ClN5O4/c1-7-12(19(22)23)11(17-15-7)13(21)18-16-10(20)6-8-2-4-9(14)5-3-8/h2-5H,6H2,1H3,(H,15,17)(H,16,20)(H,18,21). The van der Waals surface area contributed by atoms with Gasteiger partial charge in [-0.1, -0.05) is 23.7 Å². The van der Waals surface area contributed by atoms with Crippen molar-refractivity contribution in [2.24, 2.45) is 0 Å². The maximum absolute atomic E-state index is 11.9. The predicted octanol–water partition coefficient (Wildman–Crippen LogP) is 1.28. The molecule has 1 heterocycles. The number of aromatic amines is 1. The number of benzene rings is 1. The first-order valence-electron chi connectivity index (χ1n) is 6.41. The highest BCUT2D eigenvalue weighted by Crippen LogP contribution is 2.19. The van der Waals surface area contributed by atoms with Crippen LogP contribution in [0.5, 0.6) is 0 Å². The number of rotatable bonds is 4. The Balaban J connectivity index is 1.95. The summed E-state index contributed by atoms with van der Waals surface area (Å²) < 4.78 is 0. The molecule has 0 bridgehead atoms. The Morgan fingerprint density at radius 2 is 1.96 bits per heavy atom. The summed E-state index contributed by atoms with van der Waals surface area (Å²) in [6, 6.07) is 6.62. The zero-order valence-electron chi connectivity index (χ0n) is 11.9. The minimum Gasteiger partial charge on any atom is -0.275 e. The van der Waals surface area contributed by atoms with Crippen LogP contribution in [0.4, 0.5) is 5.69 Å². The summed E-state index contributed by atoms with van der Waals surface area (Å²) in [6.07, 6.45) is 0.0130. The van der Waals surface area contributed by atoms with Crippen molar-refractivity contribution in [3.05, 3.63) is 56.4 Å². The number of amides is 2. The van der Waals surface area contributed by atoms with Crippen molar-refractivity contribution in [3.63, 3.8) is 0 Å². The maximum atomic E-state index is 11.9.